The minimum atomic E-state index is -1.88. The average Bonchev–Trinajstić information content (AvgIpc) is 2.58. The minimum absolute atomic E-state index is 0.137. The molecule has 0 saturated heterocycles. The summed E-state index contributed by atoms with van der Waals surface area (Å²) >= 11 is 0. The fourth-order valence-electron chi connectivity index (χ4n) is 2.21. The van der Waals surface area contributed by atoms with Crippen LogP contribution in [0.3, 0.4) is 0 Å². The van der Waals surface area contributed by atoms with Crippen molar-refractivity contribution >= 4 is 14.2 Å². The van der Waals surface area contributed by atoms with Crippen molar-refractivity contribution in [3.8, 4) is 17.0 Å². The van der Waals surface area contributed by atoms with Crippen LogP contribution in [-0.2, 0) is 15.8 Å². The summed E-state index contributed by atoms with van der Waals surface area (Å²) in [6, 6.07) is 11.4. The third-order valence-electron chi connectivity index (χ3n) is 4.80. The van der Waals surface area contributed by atoms with Crippen molar-refractivity contribution in [1.82, 2.24) is 4.98 Å². The predicted molar refractivity (Wildman–Crippen MR) is 106 cm³/mol. The van der Waals surface area contributed by atoms with Gasteiger partial charge < -0.3 is 14.9 Å². The molecule has 0 bridgehead atoms. The molecule has 1 aromatic carbocycles. The monoisotopic (exact) mass is 372 g/mol. The van der Waals surface area contributed by atoms with Crippen molar-refractivity contribution in [2.24, 2.45) is 5.73 Å². The van der Waals surface area contributed by atoms with E-state index in [4.69, 9.17) is 14.9 Å². The number of amides is 1. The summed E-state index contributed by atoms with van der Waals surface area (Å²) < 4.78 is 11.9. The van der Waals surface area contributed by atoms with Crippen LogP contribution < -0.4 is 10.5 Å². The molecule has 1 amide bonds. The Labute approximate surface area is 156 Å². The summed E-state index contributed by atoms with van der Waals surface area (Å²) in [4.78, 5) is 15.6. The van der Waals surface area contributed by atoms with Crippen LogP contribution in [0.2, 0.25) is 18.1 Å². The zero-order chi connectivity index (χ0) is 19.4. The number of benzene rings is 1. The number of nitrogens with two attached hydrogens (primary N) is 1. The first-order valence-corrected chi connectivity index (χ1v) is 11.6. The number of ether oxygens (including phenoxy) is 1. The molecule has 0 spiro atoms. The molecule has 0 aliphatic heterocycles. The van der Waals surface area contributed by atoms with Crippen LogP contribution in [-0.4, -0.2) is 25.8 Å². The molecule has 2 N–H and O–H groups in total. The van der Waals surface area contributed by atoms with E-state index in [0.29, 0.717) is 12.4 Å². The number of para-hydroxylation sites is 1. The fraction of sp³-hybridized carbons (Fsp3) is 0.400. The predicted octanol–water partition coefficient (Wildman–Crippen LogP) is 4.13. The molecule has 1 aromatic heterocycles. The maximum Gasteiger partial charge on any atom is 0.255 e. The lowest BCUT2D eigenvalue weighted by atomic mass is 10.1. The molecule has 0 saturated carbocycles. The molecule has 6 heteroatoms. The summed E-state index contributed by atoms with van der Waals surface area (Å²) in [5.74, 6) is 0.0703. The van der Waals surface area contributed by atoms with Crippen LogP contribution in [0.25, 0.3) is 11.3 Å². The van der Waals surface area contributed by atoms with Gasteiger partial charge in [0.05, 0.1) is 12.3 Å². The van der Waals surface area contributed by atoms with Crippen LogP contribution in [0.4, 0.5) is 0 Å². The number of hydrogen-bond donors (Lipinski definition) is 1. The molecule has 2 aromatic rings. The molecular weight excluding hydrogens is 344 g/mol. The molecule has 0 radical (unpaired) electrons. The SMILES string of the molecule is CC(C)(C)[Si](C)(C)OCc1cccnc1-c1ccccc1OCC(N)=O. The number of carbonyl (C=O) groups is 1. The zero-order valence-electron chi connectivity index (χ0n) is 16.2. The summed E-state index contributed by atoms with van der Waals surface area (Å²) in [5, 5.41) is 0.137. The summed E-state index contributed by atoms with van der Waals surface area (Å²) in [7, 11) is -1.88. The number of rotatable bonds is 7. The summed E-state index contributed by atoms with van der Waals surface area (Å²) in [5.41, 5.74) is 7.81. The first-order valence-electron chi connectivity index (χ1n) is 8.70. The van der Waals surface area contributed by atoms with Gasteiger partial charge in [-0.25, -0.2) is 0 Å². The molecule has 0 atom stereocenters. The number of primary amides is 1. The van der Waals surface area contributed by atoms with Gasteiger partial charge in [0.25, 0.3) is 5.91 Å². The Morgan fingerprint density at radius 2 is 1.85 bits per heavy atom. The van der Waals surface area contributed by atoms with E-state index < -0.39 is 14.2 Å². The van der Waals surface area contributed by atoms with E-state index in [1.165, 1.54) is 0 Å². The average molecular weight is 373 g/mol. The Hall–Kier alpha value is -2.18. The molecule has 0 unspecified atom stereocenters. The molecule has 140 valence electrons. The van der Waals surface area contributed by atoms with Gasteiger partial charge in [-0.1, -0.05) is 39.0 Å². The highest BCUT2D eigenvalue weighted by atomic mass is 28.4. The zero-order valence-corrected chi connectivity index (χ0v) is 17.2. The van der Waals surface area contributed by atoms with Crippen LogP contribution in [0.15, 0.2) is 42.6 Å². The largest absolute Gasteiger partial charge is 0.483 e. The highest BCUT2D eigenvalue weighted by Gasteiger charge is 2.37. The van der Waals surface area contributed by atoms with Gasteiger partial charge in [0.2, 0.25) is 0 Å². The normalized spacial score (nSPS) is 12.0. The van der Waals surface area contributed by atoms with Crippen LogP contribution in [0.5, 0.6) is 5.75 Å². The first kappa shape index (κ1) is 20.1. The first-order chi connectivity index (χ1) is 12.1. The molecule has 2 rings (SSSR count). The summed E-state index contributed by atoms with van der Waals surface area (Å²) in [6.45, 7) is 11.4. The van der Waals surface area contributed by atoms with Crippen LogP contribution in [0.1, 0.15) is 26.3 Å². The van der Waals surface area contributed by atoms with E-state index in [-0.39, 0.29) is 11.6 Å². The topological polar surface area (TPSA) is 74.4 Å². The molecule has 1 heterocycles. The van der Waals surface area contributed by atoms with Crippen LogP contribution in [0, 0.1) is 0 Å². The standard InChI is InChI=1S/C20H28N2O3Si/c1-20(2,3)26(4,5)25-13-15-9-8-12-22-19(15)16-10-6-7-11-17(16)24-14-18(21)23/h6-12H,13-14H2,1-5H3,(H2,21,23). The van der Waals surface area contributed by atoms with Gasteiger partial charge in [0.1, 0.15) is 5.75 Å². The van der Waals surface area contributed by atoms with Gasteiger partial charge in [-0.15, -0.1) is 0 Å². The van der Waals surface area contributed by atoms with Crippen molar-refractivity contribution in [3.05, 3.63) is 48.2 Å². The fourth-order valence-corrected chi connectivity index (χ4v) is 3.16. The van der Waals surface area contributed by atoms with E-state index in [0.717, 1.165) is 16.8 Å². The van der Waals surface area contributed by atoms with Crippen molar-refractivity contribution in [2.45, 2.75) is 45.5 Å². The number of pyridine rings is 1. The van der Waals surface area contributed by atoms with Crippen LogP contribution >= 0.6 is 0 Å². The molecule has 0 aliphatic rings. The lowest BCUT2D eigenvalue weighted by molar-refractivity contribution is -0.119. The quantitative estimate of drug-likeness (QED) is 0.741. The lowest BCUT2D eigenvalue weighted by Gasteiger charge is -2.36. The number of hydrogen-bond acceptors (Lipinski definition) is 4. The van der Waals surface area contributed by atoms with Gasteiger partial charge >= 0.3 is 0 Å². The Kier molecular flexibility index (Phi) is 6.20. The lowest BCUT2D eigenvalue weighted by Crippen LogP contribution is -2.40. The molecule has 5 nitrogen and oxygen atoms in total. The van der Waals surface area contributed by atoms with Gasteiger partial charge in [0.15, 0.2) is 14.9 Å². The van der Waals surface area contributed by atoms with E-state index in [1.54, 1.807) is 6.20 Å². The van der Waals surface area contributed by atoms with Crippen molar-refractivity contribution in [2.75, 3.05) is 6.61 Å². The van der Waals surface area contributed by atoms with Crippen molar-refractivity contribution < 1.29 is 14.0 Å². The second-order valence-electron chi connectivity index (χ2n) is 7.81. The van der Waals surface area contributed by atoms with Gasteiger partial charge in [0, 0.05) is 17.3 Å². The van der Waals surface area contributed by atoms with Gasteiger partial charge in [-0.3, -0.25) is 9.78 Å². The molecule has 0 aliphatic carbocycles. The Morgan fingerprint density at radius 1 is 1.15 bits per heavy atom. The number of carbonyl (C=O) groups excluding carboxylic acids is 1. The number of nitrogens with zero attached hydrogens (tertiary/aromatic N) is 1. The second kappa shape index (κ2) is 8.01. The Balaban J connectivity index is 2.31. The van der Waals surface area contributed by atoms with Crippen molar-refractivity contribution in [3.63, 3.8) is 0 Å². The highest BCUT2D eigenvalue weighted by molar-refractivity contribution is 6.74. The molecule has 0 fully saturated rings. The minimum Gasteiger partial charge on any atom is -0.483 e. The maximum absolute atomic E-state index is 11.1. The van der Waals surface area contributed by atoms with E-state index >= 15 is 0 Å². The second-order valence-corrected chi connectivity index (χ2v) is 12.6. The number of aromatic nitrogens is 1. The third-order valence-corrected chi connectivity index (χ3v) is 9.28. The third kappa shape index (κ3) is 4.92. The summed E-state index contributed by atoms with van der Waals surface area (Å²) in [6.07, 6.45) is 1.75. The molecular formula is C20H28N2O3Si. The Bertz CT molecular complexity index is 770. The highest BCUT2D eigenvalue weighted by Crippen LogP contribution is 2.38. The Morgan fingerprint density at radius 3 is 2.50 bits per heavy atom. The van der Waals surface area contributed by atoms with Gasteiger partial charge in [-0.05, 0) is 36.3 Å². The van der Waals surface area contributed by atoms with E-state index in [2.05, 4.69) is 38.8 Å². The van der Waals surface area contributed by atoms with Crippen molar-refractivity contribution in [1.29, 1.82) is 0 Å². The van der Waals surface area contributed by atoms with E-state index in [9.17, 15) is 4.79 Å². The smallest absolute Gasteiger partial charge is 0.255 e. The molecule has 26 heavy (non-hydrogen) atoms. The van der Waals surface area contributed by atoms with E-state index in [1.807, 2.05) is 36.4 Å². The van der Waals surface area contributed by atoms with Gasteiger partial charge in [-0.2, -0.15) is 0 Å². The maximum atomic E-state index is 11.1.